The number of benzene rings is 2. The van der Waals surface area contributed by atoms with Crippen molar-refractivity contribution < 1.29 is 24.5 Å². The Kier molecular flexibility index (Phi) is 11.0. The molecule has 0 atom stereocenters. The molecule has 4 rings (SSSR count). The third-order valence-electron chi connectivity index (χ3n) is 7.32. The van der Waals surface area contributed by atoms with Gasteiger partial charge in [0.2, 0.25) is 0 Å². The van der Waals surface area contributed by atoms with Gasteiger partial charge in [-0.3, -0.25) is 4.79 Å². The van der Waals surface area contributed by atoms with E-state index in [1.165, 1.54) is 0 Å². The Morgan fingerprint density at radius 2 is 1.78 bits per heavy atom. The second kappa shape index (κ2) is 14.0. The van der Waals surface area contributed by atoms with E-state index in [1.807, 2.05) is 27.1 Å². The number of phenols is 1. The monoisotopic (exact) mass is 601 g/mol. The summed E-state index contributed by atoms with van der Waals surface area (Å²) in [5.41, 5.74) is 2.34. The Bertz CT molecular complexity index is 1390. The zero-order valence-electron chi connectivity index (χ0n) is 23.6. The first-order chi connectivity index (χ1) is 19.1. The Hall–Kier alpha value is -3.33. The second-order valence-corrected chi connectivity index (χ2v) is 11.1. The number of phenolic OH excluding ortho intramolecular Hbond substituents is 1. The minimum absolute atomic E-state index is 0. The molecule has 41 heavy (non-hydrogen) atoms. The number of carboxylic acid groups (broad SMARTS) is 1. The van der Waals surface area contributed by atoms with Crippen LogP contribution in [0.5, 0.6) is 11.5 Å². The fourth-order valence-electron chi connectivity index (χ4n) is 5.08. The number of carbonyl (C=O) groups excluding carboxylic acids is 1. The van der Waals surface area contributed by atoms with Crippen LogP contribution >= 0.6 is 24.0 Å². The molecule has 8 nitrogen and oxygen atoms in total. The molecular formula is C31H37Cl2N3O5. The topological polar surface area (TPSA) is 112 Å². The van der Waals surface area contributed by atoms with E-state index in [9.17, 15) is 19.8 Å². The summed E-state index contributed by atoms with van der Waals surface area (Å²) in [5.74, 6) is -0.962. The van der Waals surface area contributed by atoms with Crippen LogP contribution in [0, 0.1) is 6.92 Å². The van der Waals surface area contributed by atoms with Crippen molar-refractivity contribution in [1.29, 1.82) is 0 Å². The van der Waals surface area contributed by atoms with Gasteiger partial charge in [-0.1, -0.05) is 43.0 Å². The molecule has 0 spiro atoms. The summed E-state index contributed by atoms with van der Waals surface area (Å²) in [7, 11) is 4.00. The zero-order valence-corrected chi connectivity index (χ0v) is 25.1. The highest BCUT2D eigenvalue weighted by Crippen LogP contribution is 2.38. The van der Waals surface area contributed by atoms with Crippen LogP contribution in [0.2, 0.25) is 5.02 Å². The number of nitrogens with zero attached hydrogens (tertiary/aromatic N) is 2. The standard InChI is InChI=1S/C31H36ClN3O5.ClH/c1-20-8-10-22(36)19-24(20)23-11-13-26(29(37)34-31(30(38)39)14-5-4-6-15-31)33-28(23)21-9-12-25(32)27(18-21)40-17-7-16-35(2)3;/h8-13,18-19,36H,4-7,14-17H2,1-3H3,(H,34,37)(H,38,39);1H. The van der Waals surface area contributed by atoms with Gasteiger partial charge < -0.3 is 25.2 Å². The molecule has 10 heteroatoms. The van der Waals surface area contributed by atoms with Gasteiger partial charge in [0.1, 0.15) is 22.7 Å². The number of amides is 1. The molecule has 1 heterocycles. The SMILES string of the molecule is Cc1ccc(O)cc1-c1ccc(C(=O)NC2(C(=O)O)CCCCC2)nc1-c1ccc(Cl)c(OCCCN(C)C)c1.Cl. The summed E-state index contributed by atoms with van der Waals surface area (Å²) >= 11 is 6.45. The minimum atomic E-state index is -1.30. The van der Waals surface area contributed by atoms with Gasteiger partial charge in [-0.05, 0) is 87.8 Å². The summed E-state index contributed by atoms with van der Waals surface area (Å²) in [5, 5.41) is 23.4. The van der Waals surface area contributed by atoms with Gasteiger partial charge in [-0.2, -0.15) is 0 Å². The summed E-state index contributed by atoms with van der Waals surface area (Å²) in [4.78, 5) is 32.4. The number of aryl methyl sites for hydroxylation is 1. The lowest BCUT2D eigenvalue weighted by Crippen LogP contribution is -2.55. The maximum absolute atomic E-state index is 13.4. The van der Waals surface area contributed by atoms with Gasteiger partial charge in [0.25, 0.3) is 5.91 Å². The van der Waals surface area contributed by atoms with Gasteiger partial charge in [-0.25, -0.2) is 9.78 Å². The minimum Gasteiger partial charge on any atom is -0.508 e. The Labute approximate surface area is 252 Å². The quantitative estimate of drug-likeness (QED) is 0.232. The van der Waals surface area contributed by atoms with Gasteiger partial charge in [-0.15, -0.1) is 12.4 Å². The van der Waals surface area contributed by atoms with Crippen LogP contribution in [0.15, 0.2) is 48.5 Å². The Balaban J connectivity index is 0.00000462. The average Bonchev–Trinajstić information content (AvgIpc) is 2.93. The van der Waals surface area contributed by atoms with Crippen LogP contribution < -0.4 is 10.1 Å². The Morgan fingerprint density at radius 1 is 1.05 bits per heavy atom. The molecule has 3 aromatic rings. The summed E-state index contributed by atoms with van der Waals surface area (Å²) in [6.45, 7) is 3.28. The summed E-state index contributed by atoms with van der Waals surface area (Å²) in [6, 6.07) is 13.8. The van der Waals surface area contributed by atoms with Crippen molar-refractivity contribution in [2.45, 2.75) is 51.0 Å². The molecular weight excluding hydrogens is 565 g/mol. The van der Waals surface area contributed by atoms with Crippen LogP contribution in [-0.4, -0.2) is 64.8 Å². The van der Waals surface area contributed by atoms with E-state index in [1.54, 1.807) is 42.5 Å². The van der Waals surface area contributed by atoms with E-state index >= 15 is 0 Å². The number of aromatic hydroxyl groups is 1. The van der Waals surface area contributed by atoms with Crippen LogP contribution in [0.25, 0.3) is 22.4 Å². The first-order valence-electron chi connectivity index (χ1n) is 13.5. The van der Waals surface area contributed by atoms with Gasteiger partial charge >= 0.3 is 5.97 Å². The molecule has 1 saturated carbocycles. The largest absolute Gasteiger partial charge is 0.508 e. The highest BCUT2D eigenvalue weighted by Gasteiger charge is 2.41. The number of ether oxygens (including phenoxy) is 1. The molecule has 0 radical (unpaired) electrons. The predicted molar refractivity (Wildman–Crippen MR) is 163 cm³/mol. The van der Waals surface area contributed by atoms with Crippen molar-refractivity contribution in [2.24, 2.45) is 0 Å². The van der Waals surface area contributed by atoms with E-state index < -0.39 is 17.4 Å². The first kappa shape index (κ1) is 32.2. The second-order valence-electron chi connectivity index (χ2n) is 10.6. The number of rotatable bonds is 10. The lowest BCUT2D eigenvalue weighted by atomic mass is 9.81. The zero-order chi connectivity index (χ0) is 28.9. The van der Waals surface area contributed by atoms with Crippen LogP contribution in [-0.2, 0) is 4.79 Å². The number of carboxylic acids is 1. The third kappa shape index (κ3) is 7.70. The van der Waals surface area contributed by atoms with E-state index in [0.717, 1.165) is 43.4 Å². The van der Waals surface area contributed by atoms with Gasteiger partial charge in [0.05, 0.1) is 17.3 Å². The molecule has 220 valence electrons. The highest BCUT2D eigenvalue weighted by atomic mass is 35.5. The smallest absolute Gasteiger partial charge is 0.329 e. The molecule has 3 N–H and O–H groups in total. The first-order valence-corrected chi connectivity index (χ1v) is 13.9. The highest BCUT2D eigenvalue weighted by molar-refractivity contribution is 6.32. The van der Waals surface area contributed by atoms with Crippen molar-refractivity contribution in [3.05, 3.63) is 64.8 Å². The molecule has 1 amide bonds. The van der Waals surface area contributed by atoms with Crippen molar-refractivity contribution in [3.8, 4) is 33.9 Å². The maximum Gasteiger partial charge on any atom is 0.329 e. The molecule has 0 unspecified atom stereocenters. The Morgan fingerprint density at radius 3 is 2.46 bits per heavy atom. The van der Waals surface area contributed by atoms with Gasteiger partial charge in [0.15, 0.2) is 0 Å². The van der Waals surface area contributed by atoms with E-state index in [0.29, 0.717) is 47.0 Å². The predicted octanol–water partition coefficient (Wildman–Crippen LogP) is 6.35. The fraction of sp³-hybridized carbons (Fsp3) is 0.387. The molecule has 0 saturated heterocycles. The number of aromatic nitrogens is 1. The number of hydrogen-bond acceptors (Lipinski definition) is 6. The molecule has 1 aliphatic rings. The molecule has 1 aliphatic carbocycles. The fourth-order valence-corrected chi connectivity index (χ4v) is 5.25. The number of hydrogen-bond donors (Lipinski definition) is 3. The van der Waals surface area contributed by atoms with Crippen molar-refractivity contribution in [2.75, 3.05) is 27.2 Å². The number of nitrogens with one attached hydrogen (secondary N) is 1. The summed E-state index contributed by atoms with van der Waals surface area (Å²) < 4.78 is 5.98. The lowest BCUT2D eigenvalue weighted by molar-refractivity contribution is -0.145. The van der Waals surface area contributed by atoms with E-state index in [2.05, 4.69) is 10.2 Å². The van der Waals surface area contributed by atoms with Crippen LogP contribution in [0.3, 0.4) is 0 Å². The lowest BCUT2D eigenvalue weighted by Gasteiger charge is -2.33. The normalized spacial score (nSPS) is 14.3. The molecule has 1 aromatic heterocycles. The van der Waals surface area contributed by atoms with Crippen LogP contribution in [0.4, 0.5) is 0 Å². The molecule has 1 fully saturated rings. The van der Waals surface area contributed by atoms with Crippen molar-refractivity contribution >= 4 is 35.9 Å². The van der Waals surface area contributed by atoms with Crippen molar-refractivity contribution in [1.82, 2.24) is 15.2 Å². The molecule has 2 aromatic carbocycles. The number of pyridine rings is 1. The number of carbonyl (C=O) groups is 2. The number of halogens is 2. The maximum atomic E-state index is 13.4. The van der Waals surface area contributed by atoms with Gasteiger partial charge in [0, 0.05) is 17.7 Å². The van der Waals surface area contributed by atoms with Crippen molar-refractivity contribution in [3.63, 3.8) is 0 Å². The van der Waals surface area contributed by atoms with E-state index in [4.69, 9.17) is 21.3 Å². The average molecular weight is 603 g/mol. The van der Waals surface area contributed by atoms with Crippen LogP contribution in [0.1, 0.15) is 54.6 Å². The molecule has 0 bridgehead atoms. The third-order valence-corrected chi connectivity index (χ3v) is 7.63. The van der Waals surface area contributed by atoms with E-state index in [-0.39, 0.29) is 23.9 Å². The molecule has 0 aliphatic heterocycles. The summed E-state index contributed by atoms with van der Waals surface area (Å²) in [6.07, 6.45) is 4.01. The number of aliphatic carboxylic acids is 1.